The van der Waals surface area contributed by atoms with E-state index in [0.717, 1.165) is 37.0 Å². The van der Waals surface area contributed by atoms with Crippen molar-refractivity contribution in [3.8, 4) is 0 Å². The van der Waals surface area contributed by atoms with Gasteiger partial charge >= 0.3 is 5.97 Å². The van der Waals surface area contributed by atoms with Crippen molar-refractivity contribution in [1.29, 1.82) is 0 Å². The number of carbonyl (C=O) groups is 1. The largest absolute Gasteiger partial charge is 0.477 e. The second-order valence-corrected chi connectivity index (χ2v) is 7.40. The molecular weight excluding hydrogens is 346 g/mol. The number of oxime groups is 1. The van der Waals surface area contributed by atoms with Crippen LogP contribution in [0.3, 0.4) is 0 Å². The maximum absolute atomic E-state index is 11.0. The van der Waals surface area contributed by atoms with E-state index in [2.05, 4.69) is 37.2 Å². The molecule has 6 nitrogen and oxygen atoms in total. The van der Waals surface area contributed by atoms with Crippen LogP contribution in [0, 0.1) is 19.8 Å². The van der Waals surface area contributed by atoms with E-state index in [0.29, 0.717) is 19.8 Å². The van der Waals surface area contributed by atoms with Gasteiger partial charge in [0.2, 0.25) is 0 Å². The summed E-state index contributed by atoms with van der Waals surface area (Å²) in [6.45, 7) is 9.05. The number of aryl methyl sites for hydroxylation is 2. The Morgan fingerprint density at radius 3 is 2.56 bits per heavy atom. The third-order valence-corrected chi connectivity index (χ3v) is 5.05. The number of hydrogen-bond acceptors (Lipinski definition) is 5. The van der Waals surface area contributed by atoms with Crippen LogP contribution >= 0.6 is 0 Å². The maximum atomic E-state index is 11.0. The molecule has 0 radical (unpaired) electrons. The Balaban J connectivity index is 1.58. The van der Waals surface area contributed by atoms with E-state index in [1.165, 1.54) is 18.1 Å². The lowest BCUT2D eigenvalue weighted by atomic mass is 10.0. The summed E-state index contributed by atoms with van der Waals surface area (Å²) in [7, 11) is 0. The minimum Gasteiger partial charge on any atom is -0.477 e. The molecule has 1 aromatic carbocycles. The Morgan fingerprint density at radius 1 is 1.22 bits per heavy atom. The molecule has 27 heavy (non-hydrogen) atoms. The van der Waals surface area contributed by atoms with Gasteiger partial charge in [0.1, 0.15) is 6.61 Å². The third kappa shape index (κ3) is 6.33. The molecular formula is C21H31NO5. The summed E-state index contributed by atoms with van der Waals surface area (Å²) in [5, 5.41) is 13.2. The van der Waals surface area contributed by atoms with E-state index < -0.39 is 11.8 Å². The smallest absolute Gasteiger partial charge is 0.364 e. The molecule has 1 aliphatic heterocycles. The van der Waals surface area contributed by atoms with Crippen LogP contribution in [0.1, 0.15) is 56.2 Å². The quantitative estimate of drug-likeness (QED) is 0.399. The number of benzene rings is 1. The lowest BCUT2D eigenvalue weighted by molar-refractivity contribution is -0.271. The zero-order valence-electron chi connectivity index (χ0n) is 16.8. The Morgan fingerprint density at radius 2 is 1.93 bits per heavy atom. The van der Waals surface area contributed by atoms with Crippen LogP contribution in [0.5, 0.6) is 0 Å². The van der Waals surface area contributed by atoms with Crippen molar-refractivity contribution in [3.05, 3.63) is 34.9 Å². The number of nitrogens with zero attached hydrogens (tertiary/aromatic N) is 1. The van der Waals surface area contributed by atoms with Gasteiger partial charge in [0.25, 0.3) is 5.79 Å². The molecule has 0 aliphatic carbocycles. The summed E-state index contributed by atoms with van der Waals surface area (Å²) < 4.78 is 10.7. The summed E-state index contributed by atoms with van der Waals surface area (Å²) >= 11 is 0. The van der Waals surface area contributed by atoms with E-state index in [4.69, 9.17) is 19.4 Å². The van der Waals surface area contributed by atoms with Gasteiger partial charge in [-0.15, -0.1) is 0 Å². The molecule has 1 saturated heterocycles. The average Bonchev–Trinajstić information content (AvgIpc) is 2.64. The molecule has 0 bridgehead atoms. The van der Waals surface area contributed by atoms with E-state index in [1.54, 1.807) is 0 Å². The van der Waals surface area contributed by atoms with Crippen molar-refractivity contribution in [2.45, 2.75) is 59.2 Å². The van der Waals surface area contributed by atoms with Crippen molar-refractivity contribution in [2.24, 2.45) is 11.1 Å². The Hall–Kier alpha value is -1.92. The fraction of sp³-hybridized carbons (Fsp3) is 0.619. The molecule has 1 aromatic rings. The number of ether oxygens (including phenoxy) is 2. The van der Waals surface area contributed by atoms with Gasteiger partial charge in [-0.3, -0.25) is 0 Å². The second-order valence-electron chi connectivity index (χ2n) is 7.40. The highest BCUT2D eigenvalue weighted by atomic mass is 16.7. The summed E-state index contributed by atoms with van der Waals surface area (Å²) in [5.41, 5.74) is 4.50. The number of carboxylic acids is 1. The topological polar surface area (TPSA) is 77.4 Å². The van der Waals surface area contributed by atoms with Crippen LogP contribution in [-0.4, -0.2) is 42.4 Å². The van der Waals surface area contributed by atoms with Crippen LogP contribution in [0.4, 0.5) is 0 Å². The second kappa shape index (κ2) is 9.85. The number of unbranched alkanes of at least 4 members (excludes halogenated alkanes) is 2. The highest BCUT2D eigenvalue weighted by Crippen LogP contribution is 2.24. The molecule has 0 aromatic heterocycles. The van der Waals surface area contributed by atoms with Crippen molar-refractivity contribution >= 4 is 11.7 Å². The molecule has 1 aliphatic rings. The van der Waals surface area contributed by atoms with Crippen molar-refractivity contribution in [3.63, 3.8) is 0 Å². The van der Waals surface area contributed by atoms with Gasteiger partial charge in [-0.1, -0.05) is 23.7 Å². The minimum absolute atomic E-state index is 0.253. The molecule has 1 fully saturated rings. The Labute approximate surface area is 161 Å². The monoisotopic (exact) mass is 377 g/mol. The molecule has 0 amide bonds. The molecule has 0 atom stereocenters. The van der Waals surface area contributed by atoms with E-state index in [9.17, 15) is 4.79 Å². The van der Waals surface area contributed by atoms with Crippen LogP contribution < -0.4 is 0 Å². The normalized spacial score (nSPS) is 23.3. The highest BCUT2D eigenvalue weighted by molar-refractivity contribution is 5.98. The lowest BCUT2D eigenvalue weighted by Crippen LogP contribution is -2.47. The predicted octanol–water partition coefficient (Wildman–Crippen LogP) is 4.07. The van der Waals surface area contributed by atoms with Gasteiger partial charge in [0.15, 0.2) is 0 Å². The summed E-state index contributed by atoms with van der Waals surface area (Å²) in [6.07, 6.45) is 3.96. The van der Waals surface area contributed by atoms with Gasteiger partial charge in [0, 0.05) is 12.8 Å². The van der Waals surface area contributed by atoms with Gasteiger partial charge in [-0.25, -0.2) is 4.79 Å². The first-order valence-corrected chi connectivity index (χ1v) is 9.57. The van der Waals surface area contributed by atoms with E-state index >= 15 is 0 Å². The maximum Gasteiger partial charge on any atom is 0.364 e. The zero-order valence-corrected chi connectivity index (χ0v) is 16.8. The summed E-state index contributed by atoms with van der Waals surface area (Å²) in [4.78, 5) is 16.5. The molecule has 0 saturated carbocycles. The molecule has 2 rings (SSSR count). The van der Waals surface area contributed by atoms with Crippen LogP contribution in [0.25, 0.3) is 0 Å². The number of carboxylic acid groups (broad SMARTS) is 1. The Kier molecular flexibility index (Phi) is 7.80. The number of rotatable bonds is 9. The van der Waals surface area contributed by atoms with Crippen LogP contribution in [-0.2, 0) is 19.1 Å². The van der Waals surface area contributed by atoms with Crippen LogP contribution in [0.2, 0.25) is 0 Å². The molecule has 0 unspecified atom stereocenters. The first kappa shape index (κ1) is 21.4. The zero-order chi connectivity index (χ0) is 19.9. The van der Waals surface area contributed by atoms with Gasteiger partial charge < -0.3 is 19.4 Å². The summed E-state index contributed by atoms with van der Waals surface area (Å²) in [5.74, 6) is -2.31. The minimum atomic E-state index is -1.49. The summed E-state index contributed by atoms with van der Waals surface area (Å²) in [6, 6.07) is 6.29. The van der Waals surface area contributed by atoms with Crippen molar-refractivity contribution in [1.82, 2.24) is 0 Å². The first-order chi connectivity index (χ1) is 12.8. The predicted molar refractivity (Wildman–Crippen MR) is 104 cm³/mol. The van der Waals surface area contributed by atoms with Crippen molar-refractivity contribution in [2.75, 3.05) is 19.8 Å². The third-order valence-electron chi connectivity index (χ3n) is 5.05. The highest BCUT2D eigenvalue weighted by Gasteiger charge is 2.40. The fourth-order valence-corrected chi connectivity index (χ4v) is 2.87. The molecule has 150 valence electrons. The average molecular weight is 377 g/mol. The lowest BCUT2D eigenvalue weighted by Gasteiger charge is -2.34. The SMILES string of the molecule is CC(=NOCCCCCC1COC(C)(C(=O)O)OC1)c1ccc(C)c(C)c1. The van der Waals surface area contributed by atoms with Gasteiger partial charge in [-0.2, -0.15) is 0 Å². The first-order valence-electron chi connectivity index (χ1n) is 9.57. The number of aliphatic carboxylic acids is 1. The standard InChI is InChI=1S/C21H31NO5/c1-15-9-10-19(12-16(15)2)17(3)22-27-11-7-5-6-8-18-13-25-21(4,20(23)24)26-14-18/h9-10,12,18H,5-8,11,13-14H2,1-4H3,(H,23,24). The molecule has 1 N–H and O–H groups in total. The van der Waals surface area contributed by atoms with Crippen molar-refractivity contribution < 1.29 is 24.2 Å². The molecule has 0 spiro atoms. The molecule has 6 heteroatoms. The molecule has 1 heterocycles. The number of hydrogen-bond donors (Lipinski definition) is 1. The van der Waals surface area contributed by atoms with E-state index in [1.807, 2.05) is 6.92 Å². The van der Waals surface area contributed by atoms with Gasteiger partial charge in [0.05, 0.1) is 18.9 Å². The fourth-order valence-electron chi connectivity index (χ4n) is 2.87. The van der Waals surface area contributed by atoms with E-state index in [-0.39, 0.29) is 5.92 Å². The van der Waals surface area contributed by atoms with Crippen LogP contribution in [0.15, 0.2) is 23.4 Å². The van der Waals surface area contributed by atoms with Gasteiger partial charge in [-0.05, 0) is 62.8 Å². The Bertz CT molecular complexity index is 663.